The molecule has 2 aromatic heterocycles. The Morgan fingerprint density at radius 3 is 2.32 bits per heavy atom. The molecule has 2 aliphatic rings. The van der Waals surface area contributed by atoms with Crippen LogP contribution in [0.25, 0.3) is 22.2 Å². The standard InChI is InChI=1S/C31H35FN4O5/c32-23-6-3-21(4-7-23)9-15-35-16-10-24(11-17-35)36-26-19-22(20-27(37)33-12-18-34-13-1-2-14-34)5-8-25(26)28-29(36)41-31(39)30(38)40-28/h3-8,19,24H,1-2,9-18,20H2,(H,33,37). The molecule has 0 saturated carbocycles. The quantitative estimate of drug-likeness (QED) is 0.312. The summed E-state index contributed by atoms with van der Waals surface area (Å²) in [5, 5.41) is 3.70. The van der Waals surface area contributed by atoms with Crippen molar-refractivity contribution in [1.82, 2.24) is 19.7 Å². The van der Waals surface area contributed by atoms with E-state index in [-0.39, 0.29) is 35.5 Å². The number of halogens is 1. The van der Waals surface area contributed by atoms with Crippen molar-refractivity contribution in [2.24, 2.45) is 0 Å². The van der Waals surface area contributed by atoms with Crippen LogP contribution in [0.15, 0.2) is 60.9 Å². The molecule has 2 fully saturated rings. The van der Waals surface area contributed by atoms with Gasteiger partial charge in [0.05, 0.1) is 11.9 Å². The van der Waals surface area contributed by atoms with E-state index in [4.69, 9.17) is 8.83 Å². The van der Waals surface area contributed by atoms with Gasteiger partial charge in [0.2, 0.25) is 17.2 Å². The Balaban J connectivity index is 1.19. The lowest BCUT2D eigenvalue weighted by Gasteiger charge is -2.33. The van der Waals surface area contributed by atoms with Gasteiger partial charge in [-0.2, -0.15) is 0 Å². The molecule has 1 N–H and O–H groups in total. The number of nitrogens with zero attached hydrogens (tertiary/aromatic N) is 3. The summed E-state index contributed by atoms with van der Waals surface area (Å²) in [5.41, 5.74) is 1.16. The highest BCUT2D eigenvalue weighted by atomic mass is 19.1. The van der Waals surface area contributed by atoms with Gasteiger partial charge in [-0.25, -0.2) is 14.0 Å². The van der Waals surface area contributed by atoms with Gasteiger partial charge in [0.15, 0.2) is 0 Å². The fraction of sp³-hybridized carbons (Fsp3) is 0.452. The first-order valence-electron chi connectivity index (χ1n) is 14.5. The minimum absolute atomic E-state index is 0.0254. The Morgan fingerprint density at radius 2 is 1.56 bits per heavy atom. The zero-order valence-electron chi connectivity index (χ0n) is 23.1. The predicted octanol–water partition coefficient (Wildman–Crippen LogP) is 3.47. The van der Waals surface area contributed by atoms with E-state index < -0.39 is 11.3 Å². The maximum atomic E-state index is 13.2. The van der Waals surface area contributed by atoms with Crippen LogP contribution in [0.4, 0.5) is 4.39 Å². The van der Waals surface area contributed by atoms with Crippen LogP contribution < -0.4 is 16.6 Å². The van der Waals surface area contributed by atoms with E-state index >= 15 is 0 Å². The molecule has 6 rings (SSSR count). The first kappa shape index (κ1) is 27.4. The molecule has 41 heavy (non-hydrogen) atoms. The van der Waals surface area contributed by atoms with E-state index in [0.717, 1.165) is 75.2 Å². The molecule has 2 saturated heterocycles. The van der Waals surface area contributed by atoms with Gasteiger partial charge in [-0.15, -0.1) is 0 Å². The molecule has 0 spiro atoms. The second-order valence-electron chi connectivity index (χ2n) is 11.2. The smallest absolute Gasteiger partial charge is 0.412 e. The third-order valence-electron chi connectivity index (χ3n) is 8.40. The molecule has 216 valence electrons. The lowest BCUT2D eigenvalue weighted by atomic mass is 10.0. The third kappa shape index (κ3) is 6.13. The first-order valence-corrected chi connectivity index (χ1v) is 14.5. The maximum absolute atomic E-state index is 13.2. The van der Waals surface area contributed by atoms with E-state index in [9.17, 15) is 18.8 Å². The third-order valence-corrected chi connectivity index (χ3v) is 8.40. The van der Waals surface area contributed by atoms with Gasteiger partial charge in [-0.05, 0) is 80.6 Å². The van der Waals surface area contributed by atoms with Crippen molar-refractivity contribution in [3.8, 4) is 0 Å². The number of carbonyl (C=O) groups excluding carboxylic acids is 1. The van der Waals surface area contributed by atoms with Gasteiger partial charge in [0.1, 0.15) is 5.82 Å². The molecule has 1 amide bonds. The summed E-state index contributed by atoms with van der Waals surface area (Å²) in [7, 11) is 0. The highest BCUT2D eigenvalue weighted by Gasteiger charge is 2.27. The Morgan fingerprint density at radius 1 is 0.878 bits per heavy atom. The number of piperidine rings is 1. The molecule has 0 bridgehead atoms. The van der Waals surface area contributed by atoms with Crippen molar-refractivity contribution in [3.63, 3.8) is 0 Å². The minimum atomic E-state index is -1.03. The molecule has 0 radical (unpaired) electrons. The van der Waals surface area contributed by atoms with Crippen LogP contribution in [0.5, 0.6) is 0 Å². The largest absolute Gasteiger partial charge is 0.424 e. The number of carbonyl (C=O) groups is 1. The highest BCUT2D eigenvalue weighted by molar-refractivity contribution is 6.03. The van der Waals surface area contributed by atoms with Crippen LogP contribution in [0.1, 0.15) is 42.9 Å². The Bertz CT molecular complexity index is 1640. The first-order chi connectivity index (χ1) is 19.9. The number of nitrogens with one attached hydrogen (secondary N) is 1. The lowest BCUT2D eigenvalue weighted by molar-refractivity contribution is -0.120. The second kappa shape index (κ2) is 12.0. The molecule has 9 nitrogen and oxygen atoms in total. The zero-order valence-corrected chi connectivity index (χ0v) is 23.1. The topological polar surface area (TPSA) is 101 Å². The fourth-order valence-electron chi connectivity index (χ4n) is 6.18. The number of rotatable bonds is 9. The number of amides is 1. The monoisotopic (exact) mass is 562 g/mol. The molecular formula is C31H35FN4O5. The van der Waals surface area contributed by atoms with E-state index in [2.05, 4.69) is 15.1 Å². The van der Waals surface area contributed by atoms with Gasteiger partial charge in [0.25, 0.3) is 0 Å². The number of aromatic nitrogens is 1. The van der Waals surface area contributed by atoms with E-state index in [1.807, 2.05) is 34.9 Å². The van der Waals surface area contributed by atoms with Crippen molar-refractivity contribution in [1.29, 1.82) is 0 Å². The fourth-order valence-corrected chi connectivity index (χ4v) is 6.18. The average molecular weight is 563 g/mol. The maximum Gasteiger partial charge on any atom is 0.424 e. The molecule has 0 unspecified atom stereocenters. The summed E-state index contributed by atoms with van der Waals surface area (Å²) in [6.45, 7) is 6.22. The van der Waals surface area contributed by atoms with Gasteiger partial charge in [0, 0.05) is 44.2 Å². The van der Waals surface area contributed by atoms with Crippen LogP contribution in [0, 0.1) is 5.82 Å². The van der Waals surface area contributed by atoms with Crippen LogP contribution in [-0.4, -0.2) is 66.1 Å². The van der Waals surface area contributed by atoms with Gasteiger partial charge < -0.3 is 28.5 Å². The number of fused-ring (bicyclic) bond motifs is 3. The molecule has 0 atom stereocenters. The summed E-state index contributed by atoms with van der Waals surface area (Å²) in [5.74, 6) is -0.275. The van der Waals surface area contributed by atoms with Crippen molar-refractivity contribution in [3.05, 3.63) is 80.2 Å². The molecule has 2 aromatic carbocycles. The lowest BCUT2D eigenvalue weighted by Crippen LogP contribution is -2.36. The number of likely N-dealkylation sites (tertiary alicyclic amines) is 2. The van der Waals surface area contributed by atoms with Crippen LogP contribution in [-0.2, 0) is 17.6 Å². The molecule has 2 aliphatic heterocycles. The van der Waals surface area contributed by atoms with Gasteiger partial charge >= 0.3 is 11.3 Å². The van der Waals surface area contributed by atoms with Crippen molar-refractivity contribution in [2.75, 3.05) is 45.8 Å². The molecule has 4 aromatic rings. The van der Waals surface area contributed by atoms with E-state index in [0.29, 0.717) is 11.9 Å². The summed E-state index contributed by atoms with van der Waals surface area (Å²) in [4.78, 5) is 41.7. The van der Waals surface area contributed by atoms with Crippen LogP contribution in [0.3, 0.4) is 0 Å². The Labute approximate surface area is 236 Å². The average Bonchev–Trinajstić information content (AvgIpc) is 3.59. The van der Waals surface area contributed by atoms with Crippen molar-refractivity contribution < 1.29 is 18.0 Å². The highest BCUT2D eigenvalue weighted by Crippen LogP contribution is 2.35. The van der Waals surface area contributed by atoms with Crippen LogP contribution >= 0.6 is 0 Å². The van der Waals surface area contributed by atoms with E-state index in [1.54, 1.807) is 0 Å². The predicted molar refractivity (Wildman–Crippen MR) is 154 cm³/mol. The van der Waals surface area contributed by atoms with Crippen molar-refractivity contribution in [2.45, 2.75) is 44.6 Å². The zero-order chi connectivity index (χ0) is 28.3. The Kier molecular flexibility index (Phi) is 8.02. The Hall–Kier alpha value is -3.76. The molecular weight excluding hydrogens is 527 g/mol. The molecule has 0 aliphatic carbocycles. The number of benzene rings is 2. The summed E-state index contributed by atoms with van der Waals surface area (Å²) in [6.07, 6.45) is 5.13. The van der Waals surface area contributed by atoms with Crippen molar-refractivity contribution >= 4 is 28.1 Å². The molecule has 4 heterocycles. The SMILES string of the molecule is O=C(Cc1ccc2c3oc(=O)c(=O)oc3n(C3CCN(CCc4ccc(F)cc4)CC3)c2c1)NCCN1CCCC1. The second-order valence-corrected chi connectivity index (χ2v) is 11.2. The molecule has 10 heteroatoms. The summed E-state index contributed by atoms with van der Waals surface area (Å²) in [6, 6.07) is 12.3. The number of hydrogen-bond donors (Lipinski definition) is 1. The normalized spacial score (nSPS) is 17.1. The van der Waals surface area contributed by atoms with Gasteiger partial charge in [-0.1, -0.05) is 18.2 Å². The van der Waals surface area contributed by atoms with Gasteiger partial charge in [-0.3, -0.25) is 4.79 Å². The summed E-state index contributed by atoms with van der Waals surface area (Å²) >= 11 is 0. The summed E-state index contributed by atoms with van der Waals surface area (Å²) < 4.78 is 26.1. The minimum Gasteiger partial charge on any atom is -0.412 e. The van der Waals surface area contributed by atoms with E-state index in [1.165, 1.54) is 25.0 Å². The number of hydrogen-bond acceptors (Lipinski definition) is 7. The van der Waals surface area contributed by atoms with Crippen LogP contribution in [0.2, 0.25) is 0 Å².